The largest absolute Gasteiger partial charge is 0.519 e. The normalized spacial score (nSPS) is 10.9. The number of ether oxygens (including phenoxy) is 1. The van der Waals surface area contributed by atoms with Crippen LogP contribution in [0.4, 0.5) is 0 Å². The van der Waals surface area contributed by atoms with Crippen LogP contribution in [0.3, 0.4) is 0 Å². The van der Waals surface area contributed by atoms with Crippen molar-refractivity contribution in [2.24, 2.45) is 0 Å². The van der Waals surface area contributed by atoms with Crippen LogP contribution in [0.25, 0.3) is 0 Å². The maximum Gasteiger partial charge on any atom is 0.0850 e. The van der Waals surface area contributed by atoms with Gasteiger partial charge in [0.2, 0.25) is 0 Å². The number of rotatable bonds is 7. The van der Waals surface area contributed by atoms with Gasteiger partial charge in [-0.2, -0.15) is 16.7 Å². The fraction of sp³-hybridized carbons (Fsp3) is 0.667. The van der Waals surface area contributed by atoms with Crippen molar-refractivity contribution in [3.63, 3.8) is 0 Å². The molecular formula is C15H25O2-. The lowest BCUT2D eigenvalue weighted by Gasteiger charge is -2.14. The lowest BCUT2D eigenvalue weighted by molar-refractivity contribution is 0.273. The van der Waals surface area contributed by atoms with Crippen molar-refractivity contribution in [1.82, 2.24) is 0 Å². The first-order chi connectivity index (χ1) is 8.09. The molecule has 1 rings (SSSR count). The Balaban J connectivity index is 2.39. The van der Waals surface area contributed by atoms with Crippen LogP contribution in [-0.2, 0) is 0 Å². The molecule has 1 aromatic rings. The second-order valence-electron chi connectivity index (χ2n) is 4.82. The van der Waals surface area contributed by atoms with E-state index in [0.717, 1.165) is 38.0 Å². The van der Waals surface area contributed by atoms with Crippen LogP contribution in [0.1, 0.15) is 47.9 Å². The Morgan fingerprint density at radius 3 is 2.18 bits per heavy atom. The van der Waals surface area contributed by atoms with Gasteiger partial charge in [-0.1, -0.05) is 34.1 Å². The summed E-state index contributed by atoms with van der Waals surface area (Å²) in [5.74, 6) is 1.09. The predicted octanol–water partition coefficient (Wildman–Crippen LogP) is 3.57. The summed E-state index contributed by atoms with van der Waals surface area (Å²) < 4.78 is 5.89. The minimum atomic E-state index is 0.306. The first-order valence-corrected chi connectivity index (χ1v) is 6.56. The SMILES string of the molecule is Cc1c(C)c(OCCCCCCO)[c-](C)c1C. The molecule has 0 amide bonds. The number of aliphatic hydroxyl groups excluding tert-OH is 1. The second-order valence-corrected chi connectivity index (χ2v) is 4.82. The van der Waals surface area contributed by atoms with Crippen LogP contribution >= 0.6 is 0 Å². The molecule has 0 bridgehead atoms. The first kappa shape index (κ1) is 14.2. The fourth-order valence-electron chi connectivity index (χ4n) is 2.14. The maximum absolute atomic E-state index is 8.68. The van der Waals surface area contributed by atoms with E-state index in [0.29, 0.717) is 6.61 Å². The van der Waals surface area contributed by atoms with Gasteiger partial charge in [-0.15, -0.1) is 5.56 Å². The topological polar surface area (TPSA) is 29.5 Å². The molecule has 98 valence electrons. The summed E-state index contributed by atoms with van der Waals surface area (Å²) in [4.78, 5) is 0. The quantitative estimate of drug-likeness (QED) is 0.580. The molecule has 0 unspecified atom stereocenters. The number of unbranched alkanes of at least 4 members (excludes halogenated alkanes) is 3. The second kappa shape index (κ2) is 6.75. The molecule has 0 aliphatic heterocycles. The third-order valence-electron chi connectivity index (χ3n) is 3.67. The van der Waals surface area contributed by atoms with Crippen molar-refractivity contribution in [1.29, 1.82) is 0 Å². The zero-order valence-electron chi connectivity index (χ0n) is 11.6. The van der Waals surface area contributed by atoms with Gasteiger partial charge >= 0.3 is 0 Å². The molecule has 1 aromatic carbocycles. The molecule has 0 atom stereocenters. The molecule has 0 fully saturated rings. The van der Waals surface area contributed by atoms with Gasteiger partial charge in [-0.3, -0.25) is 0 Å². The predicted molar refractivity (Wildman–Crippen MR) is 72.0 cm³/mol. The highest BCUT2D eigenvalue weighted by Crippen LogP contribution is 2.33. The number of hydrogen-bond acceptors (Lipinski definition) is 2. The number of hydrogen-bond donors (Lipinski definition) is 1. The summed E-state index contributed by atoms with van der Waals surface area (Å²) in [6.45, 7) is 9.68. The lowest BCUT2D eigenvalue weighted by Crippen LogP contribution is -1.99. The Labute approximate surface area is 105 Å². The van der Waals surface area contributed by atoms with Gasteiger partial charge in [0, 0.05) is 12.4 Å². The molecule has 0 aliphatic rings. The average Bonchev–Trinajstić information content (AvgIpc) is 2.50. The van der Waals surface area contributed by atoms with Gasteiger partial charge in [-0.25, -0.2) is 0 Å². The number of aliphatic hydroxyl groups is 1. The van der Waals surface area contributed by atoms with E-state index in [9.17, 15) is 0 Å². The highest BCUT2D eigenvalue weighted by Gasteiger charge is 2.03. The Kier molecular flexibility index (Phi) is 5.63. The van der Waals surface area contributed by atoms with E-state index >= 15 is 0 Å². The van der Waals surface area contributed by atoms with E-state index in [4.69, 9.17) is 9.84 Å². The average molecular weight is 237 g/mol. The molecule has 0 spiro atoms. The van der Waals surface area contributed by atoms with Crippen molar-refractivity contribution in [2.75, 3.05) is 13.2 Å². The van der Waals surface area contributed by atoms with E-state index in [1.54, 1.807) is 0 Å². The summed E-state index contributed by atoms with van der Waals surface area (Å²) in [6.07, 6.45) is 4.21. The third-order valence-corrected chi connectivity index (χ3v) is 3.67. The van der Waals surface area contributed by atoms with Gasteiger partial charge in [0.15, 0.2) is 0 Å². The molecule has 0 aliphatic carbocycles. The van der Waals surface area contributed by atoms with E-state index < -0.39 is 0 Å². The summed E-state index contributed by atoms with van der Waals surface area (Å²) >= 11 is 0. The minimum Gasteiger partial charge on any atom is -0.519 e. The van der Waals surface area contributed by atoms with E-state index in [2.05, 4.69) is 27.7 Å². The lowest BCUT2D eigenvalue weighted by atomic mass is 10.2. The fourth-order valence-corrected chi connectivity index (χ4v) is 2.14. The Morgan fingerprint density at radius 2 is 1.65 bits per heavy atom. The summed E-state index contributed by atoms with van der Waals surface area (Å²) in [5, 5.41) is 8.68. The van der Waals surface area contributed by atoms with Crippen molar-refractivity contribution < 1.29 is 9.84 Å². The molecular weight excluding hydrogens is 212 g/mol. The third kappa shape index (κ3) is 3.53. The van der Waals surface area contributed by atoms with Gasteiger partial charge in [0.1, 0.15) is 0 Å². The van der Waals surface area contributed by atoms with Crippen LogP contribution in [-0.4, -0.2) is 18.3 Å². The molecule has 2 heteroatoms. The van der Waals surface area contributed by atoms with Crippen molar-refractivity contribution in [3.05, 3.63) is 22.3 Å². The van der Waals surface area contributed by atoms with Gasteiger partial charge in [-0.05, 0) is 19.3 Å². The Hall–Kier alpha value is -0.890. The monoisotopic (exact) mass is 237 g/mol. The molecule has 17 heavy (non-hydrogen) atoms. The zero-order valence-corrected chi connectivity index (χ0v) is 11.6. The smallest absolute Gasteiger partial charge is 0.0850 e. The van der Waals surface area contributed by atoms with E-state index in [-0.39, 0.29) is 0 Å². The molecule has 1 N–H and O–H groups in total. The molecule has 0 saturated carbocycles. The van der Waals surface area contributed by atoms with Crippen molar-refractivity contribution in [2.45, 2.75) is 53.4 Å². The van der Waals surface area contributed by atoms with Crippen LogP contribution in [0, 0.1) is 27.7 Å². The summed E-state index contributed by atoms with van der Waals surface area (Å²) in [6, 6.07) is 0. The van der Waals surface area contributed by atoms with Crippen LogP contribution in [0.5, 0.6) is 5.75 Å². The molecule has 0 radical (unpaired) electrons. The zero-order chi connectivity index (χ0) is 12.8. The highest BCUT2D eigenvalue weighted by molar-refractivity contribution is 5.54. The summed E-state index contributed by atoms with van der Waals surface area (Å²) in [7, 11) is 0. The Bertz CT molecular complexity index is 325. The van der Waals surface area contributed by atoms with E-state index in [1.165, 1.54) is 22.3 Å². The van der Waals surface area contributed by atoms with Gasteiger partial charge < -0.3 is 9.84 Å². The van der Waals surface area contributed by atoms with Gasteiger partial charge in [0.25, 0.3) is 0 Å². The maximum atomic E-state index is 8.68. The van der Waals surface area contributed by atoms with Crippen LogP contribution < -0.4 is 4.74 Å². The summed E-state index contributed by atoms with van der Waals surface area (Å²) in [5.41, 5.74) is 5.29. The molecule has 0 saturated heterocycles. The standard InChI is InChI=1S/C15H25O2/c1-11-12(2)14(4)15(13(11)3)17-10-8-6-5-7-9-16/h16H,5-10H2,1-4H3/q-1. The highest BCUT2D eigenvalue weighted by atomic mass is 16.5. The molecule has 0 heterocycles. The van der Waals surface area contributed by atoms with Crippen molar-refractivity contribution in [3.8, 4) is 5.75 Å². The van der Waals surface area contributed by atoms with Crippen molar-refractivity contribution >= 4 is 0 Å². The minimum absolute atomic E-state index is 0.306. The first-order valence-electron chi connectivity index (χ1n) is 6.56. The van der Waals surface area contributed by atoms with E-state index in [1.807, 2.05) is 0 Å². The van der Waals surface area contributed by atoms with Crippen LogP contribution in [0.2, 0.25) is 0 Å². The Morgan fingerprint density at radius 1 is 1.00 bits per heavy atom. The van der Waals surface area contributed by atoms with Gasteiger partial charge in [0.05, 0.1) is 6.61 Å². The van der Waals surface area contributed by atoms with Crippen LogP contribution in [0.15, 0.2) is 0 Å². The molecule has 2 nitrogen and oxygen atoms in total. The molecule has 0 aromatic heterocycles.